The molecule has 0 radical (unpaired) electrons. The lowest BCUT2D eigenvalue weighted by atomic mass is 9.95. The highest BCUT2D eigenvalue weighted by Crippen LogP contribution is 2.21. The van der Waals surface area contributed by atoms with Crippen molar-refractivity contribution in [2.75, 3.05) is 11.9 Å². The highest BCUT2D eigenvalue weighted by atomic mass is 16.5. The molecule has 0 fully saturated rings. The molecular weight excluding hydrogens is 342 g/mol. The van der Waals surface area contributed by atoms with Crippen molar-refractivity contribution in [2.24, 2.45) is 5.92 Å². The van der Waals surface area contributed by atoms with E-state index in [-0.39, 0.29) is 24.3 Å². The minimum absolute atomic E-state index is 0.183. The summed E-state index contributed by atoms with van der Waals surface area (Å²) in [6.45, 7) is -0.368. The monoisotopic (exact) mass is 363 g/mol. The zero-order valence-corrected chi connectivity index (χ0v) is 14.9. The summed E-state index contributed by atoms with van der Waals surface area (Å²) in [4.78, 5) is 36.9. The van der Waals surface area contributed by atoms with Gasteiger partial charge in [0.25, 0.3) is 5.91 Å². The first-order valence-corrected chi connectivity index (χ1v) is 8.95. The van der Waals surface area contributed by atoms with Gasteiger partial charge in [0.05, 0.1) is 11.6 Å². The van der Waals surface area contributed by atoms with Gasteiger partial charge in [0.2, 0.25) is 0 Å². The molecule has 1 aliphatic rings. The van der Waals surface area contributed by atoms with E-state index in [1.807, 2.05) is 18.2 Å². The van der Waals surface area contributed by atoms with Gasteiger partial charge >= 0.3 is 5.97 Å². The number of anilines is 1. The van der Waals surface area contributed by atoms with Crippen LogP contribution < -0.4 is 5.32 Å². The lowest BCUT2D eigenvalue weighted by Crippen LogP contribution is -2.25. The molecule has 0 unspecified atom stereocenters. The number of allylic oxidation sites excluding steroid dienone is 2. The molecule has 0 bridgehead atoms. The van der Waals surface area contributed by atoms with Gasteiger partial charge in [-0.15, -0.1) is 0 Å². The summed E-state index contributed by atoms with van der Waals surface area (Å²) in [5.74, 6) is -1.20. The summed E-state index contributed by atoms with van der Waals surface area (Å²) >= 11 is 0. The lowest BCUT2D eigenvalue weighted by Gasteiger charge is -2.16. The number of para-hydroxylation sites is 1. The first-order valence-electron chi connectivity index (χ1n) is 8.95. The third-order valence-electron chi connectivity index (χ3n) is 4.43. The van der Waals surface area contributed by atoms with Crippen molar-refractivity contribution in [3.8, 4) is 0 Å². The minimum Gasteiger partial charge on any atom is -0.455 e. The van der Waals surface area contributed by atoms with Crippen LogP contribution in [0.15, 0.2) is 66.7 Å². The van der Waals surface area contributed by atoms with Crippen LogP contribution in [0.3, 0.4) is 0 Å². The predicted molar refractivity (Wildman–Crippen MR) is 102 cm³/mol. The second kappa shape index (κ2) is 8.94. The number of rotatable bonds is 6. The van der Waals surface area contributed by atoms with Gasteiger partial charge < -0.3 is 10.1 Å². The molecule has 0 saturated heterocycles. The third kappa shape index (κ3) is 4.91. The summed E-state index contributed by atoms with van der Waals surface area (Å²) in [6.07, 6.45) is 6.24. The van der Waals surface area contributed by atoms with Gasteiger partial charge in [0, 0.05) is 11.1 Å². The molecule has 5 nitrogen and oxygen atoms in total. The van der Waals surface area contributed by atoms with Gasteiger partial charge in [-0.2, -0.15) is 0 Å². The summed E-state index contributed by atoms with van der Waals surface area (Å²) in [5, 5.41) is 2.67. The highest BCUT2D eigenvalue weighted by molar-refractivity contribution is 6.13. The zero-order valence-electron chi connectivity index (χ0n) is 14.9. The van der Waals surface area contributed by atoms with E-state index in [0.717, 1.165) is 12.8 Å². The van der Waals surface area contributed by atoms with E-state index >= 15 is 0 Å². The highest BCUT2D eigenvalue weighted by Gasteiger charge is 2.21. The number of carbonyl (C=O) groups excluding carboxylic acids is 3. The summed E-state index contributed by atoms with van der Waals surface area (Å²) in [7, 11) is 0. The van der Waals surface area contributed by atoms with Crippen LogP contribution in [-0.4, -0.2) is 24.3 Å². The van der Waals surface area contributed by atoms with Crippen LogP contribution in [-0.2, 0) is 14.3 Å². The number of ether oxygens (including phenoxy) is 1. The molecular formula is C22H21NO4. The van der Waals surface area contributed by atoms with Gasteiger partial charge in [-0.25, -0.2) is 0 Å². The fraction of sp³-hybridized carbons (Fsp3) is 0.227. The Balaban J connectivity index is 1.62. The Labute approximate surface area is 158 Å². The maximum Gasteiger partial charge on any atom is 0.309 e. The number of carbonyl (C=O) groups is 3. The van der Waals surface area contributed by atoms with Crippen LogP contribution in [0, 0.1) is 5.92 Å². The Bertz CT molecular complexity index is 858. The van der Waals surface area contributed by atoms with E-state index in [0.29, 0.717) is 23.2 Å². The van der Waals surface area contributed by atoms with Crippen molar-refractivity contribution in [3.63, 3.8) is 0 Å². The SMILES string of the molecule is O=C(COC(=O)[C@H]1CC=CCC1)Nc1ccccc1C(=O)c1ccccc1. The Morgan fingerprint density at radius 3 is 2.44 bits per heavy atom. The first-order chi connectivity index (χ1) is 13.1. The Kier molecular flexibility index (Phi) is 6.15. The topological polar surface area (TPSA) is 72.5 Å². The van der Waals surface area contributed by atoms with Gasteiger partial charge in [0.1, 0.15) is 0 Å². The molecule has 1 amide bonds. The van der Waals surface area contributed by atoms with Crippen molar-refractivity contribution in [1.82, 2.24) is 0 Å². The van der Waals surface area contributed by atoms with E-state index in [1.54, 1.807) is 48.5 Å². The molecule has 3 rings (SSSR count). The van der Waals surface area contributed by atoms with Crippen LogP contribution in [0.25, 0.3) is 0 Å². The van der Waals surface area contributed by atoms with Crippen molar-refractivity contribution < 1.29 is 19.1 Å². The van der Waals surface area contributed by atoms with Crippen molar-refractivity contribution in [2.45, 2.75) is 19.3 Å². The van der Waals surface area contributed by atoms with Gasteiger partial charge in [0.15, 0.2) is 12.4 Å². The number of ketones is 1. The molecule has 2 aromatic rings. The Morgan fingerprint density at radius 2 is 1.70 bits per heavy atom. The first kappa shape index (κ1) is 18.6. The smallest absolute Gasteiger partial charge is 0.309 e. The number of esters is 1. The molecule has 1 aliphatic carbocycles. The molecule has 1 atom stereocenters. The maximum atomic E-state index is 12.7. The molecule has 0 saturated carbocycles. The normalized spacial score (nSPS) is 15.8. The van der Waals surface area contributed by atoms with Crippen molar-refractivity contribution in [3.05, 3.63) is 77.9 Å². The fourth-order valence-electron chi connectivity index (χ4n) is 2.98. The molecule has 27 heavy (non-hydrogen) atoms. The summed E-state index contributed by atoms with van der Waals surface area (Å²) in [6, 6.07) is 15.6. The molecule has 1 N–H and O–H groups in total. The van der Waals surface area contributed by atoms with Gasteiger partial charge in [-0.1, -0.05) is 54.6 Å². The molecule has 138 valence electrons. The lowest BCUT2D eigenvalue weighted by molar-refractivity contribution is -0.151. The fourth-order valence-corrected chi connectivity index (χ4v) is 2.98. The standard InChI is InChI=1S/C22H21NO4/c24-20(15-27-22(26)17-11-5-2-6-12-17)23-19-14-8-7-13-18(19)21(25)16-9-3-1-4-10-16/h1-5,7-10,13-14,17H,6,11-12,15H2,(H,23,24)/t17-/m0/s1. The van der Waals surface area contributed by atoms with Crippen molar-refractivity contribution in [1.29, 1.82) is 0 Å². The predicted octanol–water partition coefficient (Wildman–Crippen LogP) is 3.76. The number of benzene rings is 2. The molecule has 0 heterocycles. The van der Waals surface area contributed by atoms with Crippen LogP contribution in [0.5, 0.6) is 0 Å². The third-order valence-corrected chi connectivity index (χ3v) is 4.43. The van der Waals surface area contributed by atoms with Crippen LogP contribution in [0.2, 0.25) is 0 Å². The number of nitrogens with one attached hydrogen (secondary N) is 1. The van der Waals surface area contributed by atoms with E-state index in [1.165, 1.54) is 0 Å². The number of hydrogen-bond acceptors (Lipinski definition) is 4. The Hall–Kier alpha value is -3.21. The molecule has 5 heteroatoms. The quantitative estimate of drug-likeness (QED) is 0.482. The van der Waals surface area contributed by atoms with E-state index in [2.05, 4.69) is 5.32 Å². The van der Waals surface area contributed by atoms with Crippen LogP contribution in [0.4, 0.5) is 5.69 Å². The average Bonchev–Trinajstić information content (AvgIpc) is 2.73. The van der Waals surface area contributed by atoms with Crippen LogP contribution in [0.1, 0.15) is 35.2 Å². The Morgan fingerprint density at radius 1 is 0.963 bits per heavy atom. The second-order valence-electron chi connectivity index (χ2n) is 6.38. The van der Waals surface area contributed by atoms with E-state index < -0.39 is 5.91 Å². The van der Waals surface area contributed by atoms with Gasteiger partial charge in [-0.05, 0) is 31.4 Å². The van der Waals surface area contributed by atoms with Crippen LogP contribution >= 0.6 is 0 Å². The summed E-state index contributed by atoms with van der Waals surface area (Å²) in [5.41, 5.74) is 1.32. The maximum absolute atomic E-state index is 12.7. The van der Waals surface area contributed by atoms with E-state index in [9.17, 15) is 14.4 Å². The number of amides is 1. The minimum atomic E-state index is -0.469. The molecule has 0 aliphatic heterocycles. The zero-order chi connectivity index (χ0) is 19.1. The average molecular weight is 363 g/mol. The molecule has 0 aromatic heterocycles. The largest absolute Gasteiger partial charge is 0.455 e. The molecule has 0 spiro atoms. The van der Waals surface area contributed by atoms with Gasteiger partial charge in [-0.3, -0.25) is 14.4 Å². The number of hydrogen-bond donors (Lipinski definition) is 1. The summed E-state index contributed by atoms with van der Waals surface area (Å²) < 4.78 is 5.13. The molecule has 2 aromatic carbocycles. The van der Waals surface area contributed by atoms with Crippen molar-refractivity contribution >= 4 is 23.3 Å². The van der Waals surface area contributed by atoms with E-state index in [4.69, 9.17) is 4.74 Å². The second-order valence-corrected chi connectivity index (χ2v) is 6.38.